The van der Waals surface area contributed by atoms with Gasteiger partial charge in [0.1, 0.15) is 0 Å². The van der Waals surface area contributed by atoms with Crippen LogP contribution in [0.2, 0.25) is 20.1 Å². The number of thiol groups is 2. The van der Waals surface area contributed by atoms with Crippen LogP contribution in [0.25, 0.3) is 0 Å². The maximum Gasteiger partial charge on any atom is 0.0787 e. The Morgan fingerprint density at radius 1 is 0.471 bits per heavy atom. The lowest BCUT2D eigenvalue weighted by Gasteiger charge is -2.34. The summed E-state index contributed by atoms with van der Waals surface area (Å²) in [5, 5.41) is 9.22. The Labute approximate surface area is 230 Å². The smallest absolute Gasteiger partial charge is 0.0787 e. The topological polar surface area (TPSA) is 24.1 Å². The second kappa shape index (κ2) is 11.4. The molecule has 0 aromatic heterocycles. The molecule has 2 nitrogen and oxygen atoms in total. The molecule has 0 radical (unpaired) electrons. The fraction of sp³-hybridized carbons (Fsp3) is 0.0769. The number of hydrogen-bond acceptors (Lipinski definition) is 4. The van der Waals surface area contributed by atoms with Gasteiger partial charge in [0.25, 0.3) is 0 Å². The van der Waals surface area contributed by atoms with Crippen LogP contribution in [0.15, 0.2) is 94.7 Å². The molecule has 0 spiro atoms. The average molecular weight is 566 g/mol. The van der Waals surface area contributed by atoms with E-state index in [2.05, 4.69) is 35.9 Å². The van der Waals surface area contributed by atoms with Crippen LogP contribution in [0, 0.1) is 0 Å². The molecule has 34 heavy (non-hydrogen) atoms. The van der Waals surface area contributed by atoms with Crippen molar-refractivity contribution in [2.45, 2.75) is 21.9 Å². The minimum Gasteiger partial charge on any atom is -0.375 e. The predicted molar refractivity (Wildman–Crippen MR) is 153 cm³/mol. The first-order chi connectivity index (χ1) is 16.4. The van der Waals surface area contributed by atoms with Gasteiger partial charge in [-0.25, -0.2) is 0 Å². The lowest BCUT2D eigenvalue weighted by Crippen LogP contribution is -2.27. The van der Waals surface area contributed by atoms with Gasteiger partial charge in [-0.1, -0.05) is 82.8 Å². The van der Waals surface area contributed by atoms with E-state index >= 15 is 0 Å². The second-order valence-electron chi connectivity index (χ2n) is 7.55. The maximum atomic E-state index is 6.72. The van der Waals surface area contributed by atoms with Crippen molar-refractivity contribution in [3.05, 3.63) is 116 Å². The number of rotatable bonds is 7. The first-order valence-electron chi connectivity index (χ1n) is 10.3. The highest BCUT2D eigenvalue weighted by atomic mass is 35.5. The molecular formula is C26H20Cl4N2S2. The van der Waals surface area contributed by atoms with Crippen LogP contribution in [-0.4, -0.2) is 0 Å². The highest BCUT2D eigenvalue weighted by Crippen LogP contribution is 2.45. The van der Waals surface area contributed by atoms with E-state index in [-0.39, 0.29) is 0 Å². The summed E-state index contributed by atoms with van der Waals surface area (Å²) in [5.74, 6) is 0. The number of benzene rings is 4. The molecule has 2 unspecified atom stereocenters. The van der Waals surface area contributed by atoms with E-state index in [0.717, 1.165) is 21.2 Å². The van der Waals surface area contributed by atoms with E-state index in [1.807, 2.05) is 84.9 Å². The van der Waals surface area contributed by atoms with Gasteiger partial charge in [0.2, 0.25) is 0 Å². The first kappa shape index (κ1) is 25.4. The minimum absolute atomic E-state index is 0.486. The average Bonchev–Trinajstić information content (AvgIpc) is 2.80. The highest BCUT2D eigenvalue weighted by molar-refractivity contribution is 7.80. The van der Waals surface area contributed by atoms with Crippen LogP contribution in [0.1, 0.15) is 23.2 Å². The van der Waals surface area contributed by atoms with Crippen molar-refractivity contribution < 1.29 is 0 Å². The number of anilines is 2. The van der Waals surface area contributed by atoms with E-state index in [0.29, 0.717) is 31.2 Å². The number of halogens is 4. The summed E-state index contributed by atoms with van der Waals surface area (Å²) in [6.45, 7) is 0. The Hall–Kier alpha value is -1.66. The Morgan fingerprint density at radius 2 is 0.794 bits per heavy atom. The van der Waals surface area contributed by atoms with Gasteiger partial charge in [-0.2, -0.15) is 0 Å². The van der Waals surface area contributed by atoms with E-state index in [4.69, 9.17) is 46.4 Å². The quantitative estimate of drug-likeness (QED) is 0.168. The molecule has 2 N–H and O–H groups in total. The lowest BCUT2D eigenvalue weighted by atomic mass is 9.92. The molecule has 4 aromatic rings. The second-order valence-corrected chi connectivity index (χ2v) is 10.1. The molecule has 4 aromatic carbocycles. The Kier molecular flexibility index (Phi) is 8.52. The van der Waals surface area contributed by atoms with Crippen molar-refractivity contribution in [2.24, 2.45) is 0 Å². The zero-order valence-corrected chi connectivity index (χ0v) is 22.5. The molecule has 0 fully saturated rings. The number of nitrogens with one attached hydrogen (secondary N) is 2. The van der Waals surface area contributed by atoms with E-state index in [9.17, 15) is 0 Å². The summed E-state index contributed by atoms with van der Waals surface area (Å²) in [7, 11) is 0. The van der Waals surface area contributed by atoms with Crippen molar-refractivity contribution in [2.75, 3.05) is 10.6 Å². The third kappa shape index (κ3) is 5.59. The summed E-state index contributed by atoms with van der Waals surface area (Å²) < 4.78 is 0. The summed E-state index contributed by atoms with van der Waals surface area (Å²) in [4.78, 5) is 1.54. The molecule has 0 amide bonds. The SMILES string of the molecule is Sc1ccccc1NC(c1c(Cl)cccc1Cl)C(Nc1ccccc1S)c1c(Cl)cccc1Cl. The number of hydrogen-bond donors (Lipinski definition) is 4. The zero-order chi connectivity index (χ0) is 24.2. The zero-order valence-electron chi connectivity index (χ0n) is 17.6. The van der Waals surface area contributed by atoms with Gasteiger partial charge in [0, 0.05) is 52.4 Å². The van der Waals surface area contributed by atoms with Crippen LogP contribution < -0.4 is 10.6 Å². The summed E-state index contributed by atoms with van der Waals surface area (Å²) in [6, 6.07) is 25.3. The largest absolute Gasteiger partial charge is 0.375 e. The maximum absolute atomic E-state index is 6.72. The molecule has 0 bridgehead atoms. The predicted octanol–water partition coefficient (Wildman–Crippen LogP) is 9.88. The van der Waals surface area contributed by atoms with Crippen molar-refractivity contribution >= 4 is 83.0 Å². The molecule has 0 aliphatic rings. The molecule has 8 heteroatoms. The van der Waals surface area contributed by atoms with Crippen LogP contribution >= 0.6 is 71.7 Å². The summed E-state index contributed by atoms with van der Waals surface area (Å²) in [6.07, 6.45) is 0. The van der Waals surface area contributed by atoms with Crippen LogP contribution in [-0.2, 0) is 0 Å². The van der Waals surface area contributed by atoms with Crippen molar-refractivity contribution in [1.29, 1.82) is 0 Å². The highest BCUT2D eigenvalue weighted by Gasteiger charge is 2.32. The van der Waals surface area contributed by atoms with Crippen LogP contribution in [0.4, 0.5) is 11.4 Å². The summed E-state index contributed by atoms with van der Waals surface area (Å²) in [5.41, 5.74) is 3.02. The third-order valence-electron chi connectivity index (χ3n) is 5.38. The van der Waals surface area contributed by atoms with Gasteiger partial charge in [-0.05, 0) is 48.5 Å². The summed E-state index contributed by atoms with van der Waals surface area (Å²) >= 11 is 36.2. The van der Waals surface area contributed by atoms with Gasteiger partial charge < -0.3 is 10.6 Å². The molecular weight excluding hydrogens is 546 g/mol. The Balaban J connectivity index is 1.95. The molecule has 0 saturated carbocycles. The van der Waals surface area contributed by atoms with Crippen molar-refractivity contribution in [3.63, 3.8) is 0 Å². The lowest BCUT2D eigenvalue weighted by molar-refractivity contribution is 0.647. The molecule has 2 atom stereocenters. The van der Waals surface area contributed by atoms with Crippen LogP contribution in [0.3, 0.4) is 0 Å². The van der Waals surface area contributed by atoms with Gasteiger partial charge in [-0.3, -0.25) is 0 Å². The van der Waals surface area contributed by atoms with Gasteiger partial charge >= 0.3 is 0 Å². The van der Waals surface area contributed by atoms with Crippen LogP contribution in [0.5, 0.6) is 0 Å². The van der Waals surface area contributed by atoms with E-state index in [1.165, 1.54) is 0 Å². The van der Waals surface area contributed by atoms with E-state index < -0.39 is 12.1 Å². The third-order valence-corrected chi connectivity index (χ3v) is 7.48. The standard InChI is InChI=1S/C26H20Cl4N2S2/c27-15-7-5-8-16(28)23(15)25(31-19-11-1-3-13-21(19)33)26(24-17(29)9-6-10-18(24)30)32-20-12-2-4-14-22(20)34/h1-14,25-26,31-34H. The molecule has 4 rings (SSSR count). The Bertz CT molecular complexity index is 1170. The molecule has 0 heterocycles. The Morgan fingerprint density at radius 3 is 1.12 bits per heavy atom. The molecule has 174 valence electrons. The van der Waals surface area contributed by atoms with Gasteiger partial charge in [0.15, 0.2) is 0 Å². The molecule has 0 aliphatic heterocycles. The van der Waals surface area contributed by atoms with Gasteiger partial charge in [-0.15, -0.1) is 25.3 Å². The van der Waals surface area contributed by atoms with Gasteiger partial charge in [0.05, 0.1) is 12.1 Å². The first-order valence-corrected chi connectivity index (χ1v) is 12.7. The monoisotopic (exact) mass is 564 g/mol. The molecule has 0 saturated heterocycles. The van der Waals surface area contributed by atoms with Crippen molar-refractivity contribution in [1.82, 2.24) is 0 Å². The van der Waals surface area contributed by atoms with Crippen molar-refractivity contribution in [3.8, 4) is 0 Å². The molecule has 0 aliphatic carbocycles. The fourth-order valence-electron chi connectivity index (χ4n) is 3.79. The normalized spacial score (nSPS) is 12.8. The fourth-order valence-corrected chi connectivity index (χ4v) is 5.50. The minimum atomic E-state index is -0.486. The number of para-hydroxylation sites is 2. The van der Waals surface area contributed by atoms with E-state index in [1.54, 1.807) is 0 Å².